The van der Waals surface area contributed by atoms with Gasteiger partial charge in [0.25, 0.3) is 5.56 Å². The third-order valence-corrected chi connectivity index (χ3v) is 5.86. The van der Waals surface area contributed by atoms with Gasteiger partial charge in [-0.3, -0.25) is 9.36 Å². The molecule has 154 valence electrons. The van der Waals surface area contributed by atoms with Gasteiger partial charge in [0, 0.05) is 11.6 Å². The minimum absolute atomic E-state index is 0.00479. The SMILES string of the molecule is CC(C)c1ccc(-c2noc(CSc3nc4ccccc4c(=O)n3C(C)C)n2)cc1. The summed E-state index contributed by atoms with van der Waals surface area (Å²) in [7, 11) is 0. The first-order valence-corrected chi connectivity index (χ1v) is 11.0. The molecule has 0 radical (unpaired) electrons. The van der Waals surface area contributed by atoms with Gasteiger partial charge in [-0.05, 0) is 37.5 Å². The van der Waals surface area contributed by atoms with Gasteiger partial charge < -0.3 is 4.52 Å². The molecular formula is C23H24N4O2S. The molecule has 0 atom stereocenters. The molecule has 6 nitrogen and oxygen atoms in total. The van der Waals surface area contributed by atoms with Crippen molar-refractivity contribution in [2.45, 2.75) is 50.6 Å². The van der Waals surface area contributed by atoms with Crippen molar-refractivity contribution in [1.29, 1.82) is 0 Å². The highest BCUT2D eigenvalue weighted by Crippen LogP contribution is 2.25. The Labute approximate surface area is 179 Å². The molecule has 4 rings (SSSR count). The Bertz CT molecular complexity index is 1230. The highest BCUT2D eigenvalue weighted by Gasteiger charge is 2.16. The van der Waals surface area contributed by atoms with Crippen LogP contribution in [0.5, 0.6) is 0 Å². The van der Waals surface area contributed by atoms with Gasteiger partial charge in [-0.2, -0.15) is 4.98 Å². The van der Waals surface area contributed by atoms with Gasteiger partial charge in [-0.25, -0.2) is 4.98 Å². The van der Waals surface area contributed by atoms with Gasteiger partial charge in [0.2, 0.25) is 11.7 Å². The second-order valence-corrected chi connectivity index (χ2v) is 8.70. The Morgan fingerprint density at radius 2 is 1.73 bits per heavy atom. The fourth-order valence-electron chi connectivity index (χ4n) is 3.26. The van der Waals surface area contributed by atoms with Crippen molar-refractivity contribution in [3.63, 3.8) is 0 Å². The van der Waals surface area contributed by atoms with Gasteiger partial charge >= 0.3 is 0 Å². The van der Waals surface area contributed by atoms with E-state index < -0.39 is 0 Å². The lowest BCUT2D eigenvalue weighted by molar-refractivity contribution is 0.391. The number of aromatic nitrogens is 4. The predicted molar refractivity (Wildman–Crippen MR) is 120 cm³/mol. The topological polar surface area (TPSA) is 73.8 Å². The van der Waals surface area contributed by atoms with Gasteiger partial charge in [-0.1, -0.05) is 67.2 Å². The highest BCUT2D eigenvalue weighted by molar-refractivity contribution is 7.98. The normalized spacial score (nSPS) is 11.7. The molecule has 0 aliphatic rings. The third-order valence-electron chi connectivity index (χ3n) is 4.92. The van der Waals surface area contributed by atoms with E-state index in [0.717, 1.165) is 5.56 Å². The van der Waals surface area contributed by atoms with Crippen LogP contribution in [-0.4, -0.2) is 19.7 Å². The summed E-state index contributed by atoms with van der Waals surface area (Å²) in [6.45, 7) is 8.29. The van der Waals surface area contributed by atoms with E-state index in [0.29, 0.717) is 39.4 Å². The van der Waals surface area contributed by atoms with Gasteiger partial charge in [0.1, 0.15) is 0 Å². The molecule has 2 heterocycles. The molecule has 0 N–H and O–H groups in total. The van der Waals surface area contributed by atoms with Crippen LogP contribution in [0.25, 0.3) is 22.3 Å². The first kappa shape index (κ1) is 20.3. The molecule has 2 aromatic heterocycles. The highest BCUT2D eigenvalue weighted by atomic mass is 32.2. The van der Waals surface area contributed by atoms with E-state index >= 15 is 0 Å². The molecule has 4 aromatic rings. The van der Waals surface area contributed by atoms with Gasteiger partial charge in [0.05, 0.1) is 16.7 Å². The number of hydrogen-bond donors (Lipinski definition) is 0. The number of para-hydroxylation sites is 1. The van der Waals surface area contributed by atoms with E-state index in [-0.39, 0.29) is 11.6 Å². The molecule has 0 saturated carbocycles. The summed E-state index contributed by atoms with van der Waals surface area (Å²) in [4.78, 5) is 22.1. The number of nitrogens with zero attached hydrogens (tertiary/aromatic N) is 4. The zero-order chi connectivity index (χ0) is 21.3. The van der Waals surface area contributed by atoms with Crippen LogP contribution in [0.4, 0.5) is 0 Å². The number of fused-ring (bicyclic) bond motifs is 1. The first-order chi connectivity index (χ1) is 14.4. The standard InChI is InChI=1S/C23H24N4O2S/c1-14(2)16-9-11-17(12-10-16)21-25-20(29-26-21)13-30-23-24-19-8-6-5-7-18(19)22(28)27(23)15(3)4/h5-12,14-15H,13H2,1-4H3. The molecule has 0 aliphatic heterocycles. The summed E-state index contributed by atoms with van der Waals surface area (Å²) in [5.74, 6) is 1.98. The number of benzene rings is 2. The average molecular weight is 421 g/mol. The molecule has 30 heavy (non-hydrogen) atoms. The van der Waals surface area contributed by atoms with Crippen molar-refractivity contribution < 1.29 is 4.52 Å². The van der Waals surface area contributed by atoms with E-state index in [2.05, 4.69) is 36.1 Å². The first-order valence-electron chi connectivity index (χ1n) is 10.0. The zero-order valence-electron chi connectivity index (χ0n) is 17.5. The Hall–Kier alpha value is -2.93. The lowest BCUT2D eigenvalue weighted by Crippen LogP contribution is -2.25. The fraction of sp³-hybridized carbons (Fsp3) is 0.304. The van der Waals surface area contributed by atoms with Crippen LogP contribution in [0, 0.1) is 0 Å². The summed E-state index contributed by atoms with van der Waals surface area (Å²) in [6, 6.07) is 15.6. The van der Waals surface area contributed by atoms with Crippen LogP contribution in [0.3, 0.4) is 0 Å². The maximum atomic E-state index is 12.9. The van der Waals surface area contributed by atoms with Gasteiger partial charge in [0.15, 0.2) is 5.16 Å². The maximum absolute atomic E-state index is 12.9. The minimum Gasteiger partial charge on any atom is -0.338 e. The van der Waals surface area contributed by atoms with Crippen LogP contribution >= 0.6 is 11.8 Å². The fourth-order valence-corrected chi connectivity index (χ4v) is 4.22. The number of hydrogen-bond acceptors (Lipinski definition) is 6. The monoisotopic (exact) mass is 420 g/mol. The third kappa shape index (κ3) is 4.03. The molecular weight excluding hydrogens is 396 g/mol. The van der Waals surface area contributed by atoms with Gasteiger partial charge in [-0.15, -0.1) is 0 Å². The molecule has 7 heteroatoms. The van der Waals surface area contributed by atoms with E-state index in [1.54, 1.807) is 4.57 Å². The van der Waals surface area contributed by atoms with Crippen LogP contribution in [0.2, 0.25) is 0 Å². The Morgan fingerprint density at radius 3 is 2.43 bits per heavy atom. The van der Waals surface area contributed by atoms with Crippen molar-refractivity contribution in [1.82, 2.24) is 19.7 Å². The van der Waals surface area contributed by atoms with Crippen molar-refractivity contribution in [2.75, 3.05) is 0 Å². The van der Waals surface area contributed by atoms with E-state index in [1.165, 1.54) is 17.3 Å². The number of thioether (sulfide) groups is 1. The van der Waals surface area contributed by atoms with E-state index in [9.17, 15) is 4.79 Å². The molecule has 0 unspecified atom stereocenters. The summed E-state index contributed by atoms with van der Waals surface area (Å²) in [5.41, 5.74) is 2.85. The average Bonchev–Trinajstić information content (AvgIpc) is 3.21. The second-order valence-electron chi connectivity index (χ2n) is 7.76. The number of rotatable bonds is 6. The van der Waals surface area contributed by atoms with E-state index in [4.69, 9.17) is 9.51 Å². The maximum Gasteiger partial charge on any atom is 0.262 e. The Morgan fingerprint density at radius 1 is 1.00 bits per heavy atom. The second kappa shape index (κ2) is 8.44. The smallest absolute Gasteiger partial charge is 0.262 e. The van der Waals surface area contributed by atoms with Crippen molar-refractivity contribution in [3.8, 4) is 11.4 Å². The summed E-state index contributed by atoms with van der Waals surface area (Å²) in [6.07, 6.45) is 0. The van der Waals surface area contributed by atoms with E-state index in [1.807, 2.05) is 50.2 Å². The van der Waals surface area contributed by atoms with Crippen LogP contribution in [0.15, 0.2) is 63.0 Å². The molecule has 0 bridgehead atoms. The van der Waals surface area contributed by atoms with Crippen molar-refractivity contribution in [3.05, 3.63) is 70.3 Å². The Kier molecular flexibility index (Phi) is 5.72. The summed E-state index contributed by atoms with van der Waals surface area (Å²) >= 11 is 1.43. The lowest BCUT2D eigenvalue weighted by atomic mass is 10.0. The molecule has 0 spiro atoms. The van der Waals surface area contributed by atoms with Crippen LogP contribution in [-0.2, 0) is 5.75 Å². The minimum atomic E-state index is -0.0328. The lowest BCUT2D eigenvalue weighted by Gasteiger charge is -2.15. The largest absolute Gasteiger partial charge is 0.338 e. The predicted octanol–water partition coefficient (Wildman–Crippen LogP) is 5.44. The zero-order valence-corrected chi connectivity index (χ0v) is 18.3. The molecule has 0 fully saturated rings. The quantitative estimate of drug-likeness (QED) is 0.305. The molecule has 0 saturated heterocycles. The molecule has 0 aliphatic carbocycles. The molecule has 2 aromatic carbocycles. The Balaban J connectivity index is 1.58. The van der Waals surface area contributed by atoms with Crippen molar-refractivity contribution in [2.24, 2.45) is 0 Å². The summed E-state index contributed by atoms with van der Waals surface area (Å²) in [5, 5.41) is 5.38. The van der Waals surface area contributed by atoms with Crippen LogP contribution < -0.4 is 5.56 Å². The van der Waals surface area contributed by atoms with Crippen molar-refractivity contribution >= 4 is 22.7 Å². The van der Waals surface area contributed by atoms with Crippen LogP contribution in [0.1, 0.15) is 51.1 Å². The molecule has 0 amide bonds. The summed E-state index contributed by atoms with van der Waals surface area (Å²) < 4.78 is 7.16.